The third kappa shape index (κ3) is 3.30. The molecule has 0 amide bonds. The molecule has 1 N–H and O–H groups in total. The summed E-state index contributed by atoms with van der Waals surface area (Å²) in [5.74, 6) is 0.826. The predicted molar refractivity (Wildman–Crippen MR) is 43.7 cm³/mol. The number of nitrogens with one attached hydrogen (secondary N) is 1. The fourth-order valence-corrected chi connectivity index (χ4v) is 0.971. The van der Waals surface area contributed by atoms with Crippen LogP contribution in [0.15, 0.2) is 0 Å². The molecule has 1 aliphatic rings. The molecule has 0 aromatic carbocycles. The molecule has 2 nitrogen and oxygen atoms in total. The van der Waals surface area contributed by atoms with Crippen molar-refractivity contribution < 1.29 is 4.74 Å². The van der Waals surface area contributed by atoms with Crippen molar-refractivity contribution in [2.75, 3.05) is 25.4 Å². The molecule has 4 heteroatoms. The Morgan fingerprint density at radius 2 is 2.44 bits per heavy atom. The minimum absolute atomic E-state index is 0. The highest BCUT2D eigenvalue weighted by Crippen LogP contribution is 1.96. The Labute approximate surface area is 67.2 Å². The van der Waals surface area contributed by atoms with Crippen LogP contribution in [-0.4, -0.2) is 31.6 Å². The molecule has 1 heterocycles. The molecule has 0 spiro atoms. The minimum atomic E-state index is 0. The van der Waals surface area contributed by atoms with E-state index in [0.717, 1.165) is 25.4 Å². The van der Waals surface area contributed by atoms with Gasteiger partial charge in [0, 0.05) is 18.8 Å². The van der Waals surface area contributed by atoms with Crippen molar-refractivity contribution in [3.05, 3.63) is 0 Å². The first-order chi connectivity index (χ1) is 3.93. The third-order valence-corrected chi connectivity index (χ3v) is 1.62. The lowest BCUT2D eigenvalue weighted by atomic mass is 10.3. The number of thiol groups is 1. The first kappa shape index (κ1) is 9.56. The van der Waals surface area contributed by atoms with Crippen molar-refractivity contribution in [1.29, 1.82) is 0 Å². The second-order valence-corrected chi connectivity index (χ2v) is 2.24. The second kappa shape index (κ2) is 5.35. The first-order valence-electron chi connectivity index (χ1n) is 2.86. The Balaban J connectivity index is 0.000000640. The molecule has 0 unspecified atom stereocenters. The van der Waals surface area contributed by atoms with Crippen LogP contribution < -0.4 is 5.32 Å². The summed E-state index contributed by atoms with van der Waals surface area (Å²) in [5, 5.41) is 3.21. The van der Waals surface area contributed by atoms with Crippen molar-refractivity contribution in [2.45, 2.75) is 6.10 Å². The summed E-state index contributed by atoms with van der Waals surface area (Å²) in [4.78, 5) is 0. The van der Waals surface area contributed by atoms with Gasteiger partial charge in [-0.25, -0.2) is 0 Å². The quantitative estimate of drug-likeness (QED) is 0.552. The van der Waals surface area contributed by atoms with Crippen LogP contribution in [-0.2, 0) is 4.74 Å². The van der Waals surface area contributed by atoms with E-state index in [1.165, 1.54) is 0 Å². The van der Waals surface area contributed by atoms with Gasteiger partial charge in [-0.2, -0.15) is 12.6 Å². The van der Waals surface area contributed by atoms with E-state index < -0.39 is 0 Å². The molecule has 0 aromatic rings. The Morgan fingerprint density at radius 3 is 2.78 bits per heavy atom. The molecule has 0 saturated carbocycles. The Bertz CT molecular complexity index is 68.0. The van der Waals surface area contributed by atoms with Crippen LogP contribution in [0, 0.1) is 0 Å². The molecule has 1 fully saturated rings. The van der Waals surface area contributed by atoms with Gasteiger partial charge in [0.05, 0.1) is 12.7 Å². The van der Waals surface area contributed by atoms with Gasteiger partial charge in [0.1, 0.15) is 0 Å². The van der Waals surface area contributed by atoms with Crippen LogP contribution in [0.25, 0.3) is 0 Å². The molecule has 0 aliphatic carbocycles. The van der Waals surface area contributed by atoms with Gasteiger partial charge in [-0.05, 0) is 0 Å². The van der Waals surface area contributed by atoms with Crippen LogP contribution in [0.5, 0.6) is 0 Å². The molecule has 1 atom stereocenters. The number of hydrogen-bond donors (Lipinski definition) is 2. The highest BCUT2D eigenvalue weighted by Gasteiger charge is 2.09. The highest BCUT2D eigenvalue weighted by molar-refractivity contribution is 7.80. The van der Waals surface area contributed by atoms with Crippen molar-refractivity contribution >= 4 is 25.0 Å². The number of ether oxygens (including phenoxy) is 1. The standard InChI is InChI=1S/C5H11NOS.ClH/c8-4-5-3-6-1-2-7-5;/h5-6,8H,1-4H2;1H/t5-;/m0./s1. The van der Waals surface area contributed by atoms with Gasteiger partial charge in [0.15, 0.2) is 0 Å². The maximum atomic E-state index is 5.29. The third-order valence-electron chi connectivity index (χ3n) is 1.21. The number of morpholine rings is 1. The lowest BCUT2D eigenvalue weighted by Gasteiger charge is -2.21. The molecule has 1 aliphatic heterocycles. The molecule has 9 heavy (non-hydrogen) atoms. The Kier molecular flexibility index (Phi) is 5.69. The summed E-state index contributed by atoms with van der Waals surface area (Å²) in [6.45, 7) is 2.79. The van der Waals surface area contributed by atoms with E-state index in [4.69, 9.17) is 4.74 Å². The molecule has 56 valence electrons. The molecular formula is C5H12ClNOS. The van der Waals surface area contributed by atoms with Gasteiger partial charge in [0.2, 0.25) is 0 Å². The summed E-state index contributed by atoms with van der Waals surface area (Å²) in [6.07, 6.45) is 0.340. The van der Waals surface area contributed by atoms with E-state index in [-0.39, 0.29) is 12.4 Å². The zero-order valence-electron chi connectivity index (χ0n) is 5.17. The molecular weight excluding hydrogens is 158 g/mol. The SMILES string of the molecule is Cl.SC[C@@H]1CNCCO1. The normalized spacial score (nSPS) is 27.0. The Morgan fingerprint density at radius 1 is 1.67 bits per heavy atom. The van der Waals surface area contributed by atoms with Crippen LogP contribution in [0.1, 0.15) is 0 Å². The average molecular weight is 170 g/mol. The molecule has 1 saturated heterocycles. The zero-order chi connectivity index (χ0) is 5.82. The van der Waals surface area contributed by atoms with Gasteiger partial charge in [-0.1, -0.05) is 0 Å². The van der Waals surface area contributed by atoms with E-state index in [1.54, 1.807) is 0 Å². The number of hydrogen-bond acceptors (Lipinski definition) is 3. The van der Waals surface area contributed by atoms with Gasteiger partial charge in [-0.3, -0.25) is 0 Å². The molecule has 0 radical (unpaired) electrons. The average Bonchev–Trinajstić information content (AvgIpc) is 1.90. The lowest BCUT2D eigenvalue weighted by Crippen LogP contribution is -2.39. The summed E-state index contributed by atoms with van der Waals surface area (Å²) >= 11 is 4.10. The number of halogens is 1. The van der Waals surface area contributed by atoms with E-state index in [0.29, 0.717) is 6.10 Å². The summed E-state index contributed by atoms with van der Waals surface area (Å²) in [6, 6.07) is 0. The number of rotatable bonds is 1. The highest BCUT2D eigenvalue weighted by atomic mass is 35.5. The van der Waals surface area contributed by atoms with Crippen molar-refractivity contribution in [2.24, 2.45) is 0 Å². The first-order valence-corrected chi connectivity index (χ1v) is 3.50. The molecule has 0 aromatic heterocycles. The maximum absolute atomic E-state index is 5.29. The monoisotopic (exact) mass is 169 g/mol. The van der Waals surface area contributed by atoms with Crippen LogP contribution in [0.3, 0.4) is 0 Å². The van der Waals surface area contributed by atoms with E-state index in [9.17, 15) is 0 Å². The smallest absolute Gasteiger partial charge is 0.0787 e. The minimum Gasteiger partial charge on any atom is -0.375 e. The largest absolute Gasteiger partial charge is 0.375 e. The zero-order valence-corrected chi connectivity index (χ0v) is 6.88. The van der Waals surface area contributed by atoms with E-state index >= 15 is 0 Å². The fourth-order valence-electron chi connectivity index (χ4n) is 0.737. The van der Waals surface area contributed by atoms with Crippen LogP contribution >= 0.6 is 25.0 Å². The van der Waals surface area contributed by atoms with Gasteiger partial charge < -0.3 is 10.1 Å². The van der Waals surface area contributed by atoms with E-state index in [2.05, 4.69) is 17.9 Å². The van der Waals surface area contributed by atoms with Crippen LogP contribution in [0.4, 0.5) is 0 Å². The summed E-state index contributed by atoms with van der Waals surface area (Å²) in [5.41, 5.74) is 0. The Hall–Kier alpha value is 0.560. The van der Waals surface area contributed by atoms with Crippen LogP contribution in [0.2, 0.25) is 0 Å². The summed E-state index contributed by atoms with van der Waals surface area (Å²) in [7, 11) is 0. The van der Waals surface area contributed by atoms with Crippen molar-refractivity contribution in [1.82, 2.24) is 5.32 Å². The van der Waals surface area contributed by atoms with Gasteiger partial charge in [-0.15, -0.1) is 12.4 Å². The van der Waals surface area contributed by atoms with E-state index in [1.807, 2.05) is 0 Å². The lowest BCUT2D eigenvalue weighted by molar-refractivity contribution is 0.0443. The van der Waals surface area contributed by atoms with Gasteiger partial charge >= 0.3 is 0 Å². The predicted octanol–water partition coefficient (Wildman–Crippen LogP) is 0.326. The fraction of sp³-hybridized carbons (Fsp3) is 1.00. The van der Waals surface area contributed by atoms with Gasteiger partial charge in [0.25, 0.3) is 0 Å². The molecule has 0 bridgehead atoms. The topological polar surface area (TPSA) is 21.3 Å². The maximum Gasteiger partial charge on any atom is 0.0787 e. The molecule has 1 rings (SSSR count). The van der Waals surface area contributed by atoms with Crippen molar-refractivity contribution in [3.8, 4) is 0 Å². The summed E-state index contributed by atoms with van der Waals surface area (Å²) < 4.78 is 5.29. The van der Waals surface area contributed by atoms with Crippen molar-refractivity contribution in [3.63, 3.8) is 0 Å². The second-order valence-electron chi connectivity index (χ2n) is 1.88.